The molecule has 0 aliphatic carbocycles. The van der Waals surface area contributed by atoms with Gasteiger partial charge in [0.2, 0.25) is 0 Å². The topological polar surface area (TPSA) is 89.9 Å². The molecule has 0 radical (unpaired) electrons. The van der Waals surface area contributed by atoms with Gasteiger partial charge in [-0.1, -0.05) is 0 Å². The second-order valence-corrected chi connectivity index (χ2v) is 7.68. The molecule has 0 spiro atoms. The Morgan fingerprint density at radius 3 is 2.50 bits per heavy atom. The van der Waals surface area contributed by atoms with Crippen LogP contribution in [0.2, 0.25) is 0 Å². The van der Waals surface area contributed by atoms with Crippen molar-refractivity contribution in [3.05, 3.63) is 70.6 Å². The Hall–Kier alpha value is -3.69. The van der Waals surface area contributed by atoms with Gasteiger partial charge < -0.3 is 10.6 Å². The van der Waals surface area contributed by atoms with E-state index in [2.05, 4.69) is 15.3 Å². The molecular formula is C22H21F3N6O. The fourth-order valence-corrected chi connectivity index (χ4v) is 4.13. The van der Waals surface area contributed by atoms with Gasteiger partial charge in [-0.25, -0.2) is 13.2 Å². The van der Waals surface area contributed by atoms with Crippen LogP contribution in [0.5, 0.6) is 0 Å². The summed E-state index contributed by atoms with van der Waals surface area (Å²) in [4.78, 5) is 15.0. The van der Waals surface area contributed by atoms with E-state index in [-0.39, 0.29) is 17.0 Å². The highest BCUT2D eigenvalue weighted by molar-refractivity contribution is 6.19. The van der Waals surface area contributed by atoms with E-state index in [9.17, 15) is 18.0 Å². The standard InChI is InChI=1S/C22H21F3N6O/c1-11(26)18(17-5-4-7-27-28-17)22(32)31-8-6-14-20(12(31)2)29-30(3)21(14)13-9-15(23)19(25)16(24)10-13/h4-5,7,9-10,12H,6,8,26H2,1-3H3/b18-11+/t12-/m0/s1. The van der Waals surface area contributed by atoms with E-state index in [0.717, 1.165) is 17.7 Å². The summed E-state index contributed by atoms with van der Waals surface area (Å²) in [6.45, 7) is 3.77. The smallest absolute Gasteiger partial charge is 0.258 e. The summed E-state index contributed by atoms with van der Waals surface area (Å²) < 4.78 is 42.6. The molecule has 1 aliphatic heterocycles. The molecule has 1 aromatic carbocycles. The molecule has 3 aromatic rings. The summed E-state index contributed by atoms with van der Waals surface area (Å²) in [5.41, 5.74) is 8.96. The maximum atomic E-state index is 13.8. The van der Waals surface area contributed by atoms with E-state index >= 15 is 0 Å². The Balaban J connectivity index is 1.73. The lowest BCUT2D eigenvalue weighted by Gasteiger charge is -2.33. The fourth-order valence-electron chi connectivity index (χ4n) is 4.13. The minimum Gasteiger partial charge on any atom is -0.402 e. The van der Waals surface area contributed by atoms with E-state index in [4.69, 9.17) is 5.73 Å². The molecule has 166 valence electrons. The summed E-state index contributed by atoms with van der Waals surface area (Å²) in [6.07, 6.45) is 1.90. The van der Waals surface area contributed by atoms with Crippen molar-refractivity contribution in [3.63, 3.8) is 0 Å². The van der Waals surface area contributed by atoms with E-state index < -0.39 is 23.5 Å². The average Bonchev–Trinajstić information content (AvgIpc) is 3.09. The van der Waals surface area contributed by atoms with E-state index in [1.807, 2.05) is 6.92 Å². The van der Waals surface area contributed by atoms with E-state index in [1.54, 1.807) is 31.0 Å². The summed E-state index contributed by atoms with van der Waals surface area (Å²) in [5.74, 6) is -4.37. The van der Waals surface area contributed by atoms with Crippen LogP contribution in [0.15, 0.2) is 36.2 Å². The molecule has 1 amide bonds. The second kappa shape index (κ2) is 8.10. The quantitative estimate of drug-likeness (QED) is 0.497. The van der Waals surface area contributed by atoms with Gasteiger partial charge in [0.15, 0.2) is 17.5 Å². The first kappa shape index (κ1) is 21.5. The Morgan fingerprint density at radius 1 is 1.22 bits per heavy atom. The highest BCUT2D eigenvalue weighted by Gasteiger charge is 2.35. The van der Waals surface area contributed by atoms with Gasteiger partial charge in [-0.05, 0) is 44.5 Å². The monoisotopic (exact) mass is 442 g/mol. The normalized spacial score (nSPS) is 16.6. The van der Waals surface area contributed by atoms with Gasteiger partial charge in [0, 0.05) is 36.6 Å². The first-order valence-electron chi connectivity index (χ1n) is 9.96. The van der Waals surface area contributed by atoms with E-state index in [1.165, 1.54) is 10.9 Å². The number of hydrogen-bond donors (Lipinski definition) is 1. The molecule has 3 heterocycles. The number of hydrogen-bond acceptors (Lipinski definition) is 5. The van der Waals surface area contributed by atoms with Crippen LogP contribution in [0.4, 0.5) is 13.2 Å². The Kier molecular flexibility index (Phi) is 5.45. The van der Waals surface area contributed by atoms with Crippen LogP contribution in [0.25, 0.3) is 16.8 Å². The molecule has 0 saturated heterocycles. The fraction of sp³-hybridized carbons (Fsp3) is 0.273. The average molecular weight is 442 g/mol. The van der Waals surface area contributed by atoms with Crippen molar-refractivity contribution < 1.29 is 18.0 Å². The summed E-state index contributed by atoms with van der Waals surface area (Å²) >= 11 is 0. The van der Waals surface area contributed by atoms with Crippen LogP contribution in [-0.2, 0) is 18.3 Å². The van der Waals surface area contributed by atoms with Crippen LogP contribution in [0.1, 0.15) is 36.8 Å². The number of aryl methyl sites for hydroxylation is 1. The third-order valence-electron chi connectivity index (χ3n) is 5.60. The highest BCUT2D eigenvalue weighted by Crippen LogP contribution is 2.37. The van der Waals surface area contributed by atoms with Crippen LogP contribution < -0.4 is 5.73 Å². The highest BCUT2D eigenvalue weighted by atomic mass is 19.2. The second-order valence-electron chi connectivity index (χ2n) is 7.68. The number of allylic oxidation sites excluding steroid dienone is 1. The van der Waals surface area contributed by atoms with Crippen LogP contribution >= 0.6 is 0 Å². The molecular weight excluding hydrogens is 421 g/mol. The lowest BCUT2D eigenvalue weighted by atomic mass is 9.94. The molecule has 2 N–H and O–H groups in total. The SMILES string of the molecule is C/C(N)=C(\C(=O)N1CCc2c(nn(C)c2-c2cc(F)c(F)c(F)c2)[C@@H]1C)c1cccnn1. The van der Waals surface area contributed by atoms with Crippen molar-refractivity contribution in [1.29, 1.82) is 0 Å². The molecule has 0 bridgehead atoms. The minimum absolute atomic E-state index is 0.183. The van der Waals surface area contributed by atoms with Crippen LogP contribution in [0.3, 0.4) is 0 Å². The molecule has 32 heavy (non-hydrogen) atoms. The number of aromatic nitrogens is 4. The van der Waals surface area contributed by atoms with Crippen molar-refractivity contribution >= 4 is 11.5 Å². The van der Waals surface area contributed by atoms with Crippen molar-refractivity contribution in [2.45, 2.75) is 26.3 Å². The Bertz CT molecular complexity index is 1210. The van der Waals surface area contributed by atoms with Gasteiger partial charge in [-0.15, -0.1) is 0 Å². The van der Waals surface area contributed by atoms with Crippen LogP contribution in [-0.4, -0.2) is 37.3 Å². The Morgan fingerprint density at radius 2 is 1.91 bits per heavy atom. The molecule has 2 aromatic heterocycles. The molecule has 10 heteroatoms. The number of carbonyl (C=O) groups excluding carboxylic acids is 1. The third-order valence-corrected chi connectivity index (χ3v) is 5.60. The maximum absolute atomic E-state index is 13.8. The number of benzene rings is 1. The zero-order valence-corrected chi connectivity index (χ0v) is 17.7. The lowest BCUT2D eigenvalue weighted by molar-refractivity contribution is -0.127. The Labute approximate surface area is 182 Å². The van der Waals surface area contributed by atoms with Crippen molar-refractivity contribution in [1.82, 2.24) is 24.9 Å². The molecule has 0 unspecified atom stereocenters. The number of halogens is 3. The molecule has 0 saturated carbocycles. The first-order chi connectivity index (χ1) is 15.2. The van der Waals surface area contributed by atoms with Gasteiger partial charge in [-0.2, -0.15) is 15.3 Å². The summed E-state index contributed by atoms with van der Waals surface area (Å²) in [6, 6.07) is 4.79. The number of fused-ring (bicyclic) bond motifs is 1. The zero-order valence-electron chi connectivity index (χ0n) is 17.7. The van der Waals surface area contributed by atoms with Gasteiger partial charge in [0.1, 0.15) is 5.69 Å². The van der Waals surface area contributed by atoms with Crippen molar-refractivity contribution in [3.8, 4) is 11.3 Å². The number of nitrogens with zero attached hydrogens (tertiary/aromatic N) is 5. The van der Waals surface area contributed by atoms with Gasteiger partial charge in [-0.3, -0.25) is 9.48 Å². The molecule has 7 nitrogen and oxygen atoms in total. The number of rotatable bonds is 3. The van der Waals surface area contributed by atoms with Gasteiger partial charge in [0.05, 0.1) is 23.0 Å². The van der Waals surface area contributed by atoms with Gasteiger partial charge >= 0.3 is 0 Å². The molecule has 1 aliphatic rings. The summed E-state index contributed by atoms with van der Waals surface area (Å²) in [7, 11) is 1.64. The lowest BCUT2D eigenvalue weighted by Crippen LogP contribution is -2.40. The molecule has 4 rings (SSSR count). The minimum atomic E-state index is -1.52. The maximum Gasteiger partial charge on any atom is 0.258 e. The zero-order chi connectivity index (χ0) is 23.2. The van der Waals surface area contributed by atoms with E-state index in [0.29, 0.717) is 35.7 Å². The third kappa shape index (κ3) is 3.51. The first-order valence-corrected chi connectivity index (χ1v) is 9.96. The van der Waals surface area contributed by atoms with Crippen LogP contribution in [0, 0.1) is 17.5 Å². The van der Waals surface area contributed by atoms with Gasteiger partial charge in [0.25, 0.3) is 5.91 Å². The molecule has 0 fully saturated rings. The number of amides is 1. The predicted molar refractivity (Wildman–Crippen MR) is 111 cm³/mol. The van der Waals surface area contributed by atoms with Crippen molar-refractivity contribution in [2.75, 3.05) is 6.54 Å². The number of nitrogens with two attached hydrogens (primary N) is 1. The number of carbonyl (C=O) groups is 1. The van der Waals surface area contributed by atoms with Crippen molar-refractivity contribution in [2.24, 2.45) is 12.8 Å². The predicted octanol–water partition coefficient (Wildman–Crippen LogP) is 3.13. The summed E-state index contributed by atoms with van der Waals surface area (Å²) in [5, 5.41) is 12.3. The molecule has 1 atom stereocenters. The largest absolute Gasteiger partial charge is 0.402 e.